The first-order valence-electron chi connectivity index (χ1n) is 11.6. The van der Waals surface area contributed by atoms with Gasteiger partial charge in [-0.15, -0.1) is 0 Å². The Morgan fingerprint density at radius 2 is 1.97 bits per heavy atom. The van der Waals surface area contributed by atoms with E-state index in [0.29, 0.717) is 43.5 Å². The zero-order valence-corrected chi connectivity index (χ0v) is 19.5. The predicted molar refractivity (Wildman–Crippen MR) is 122 cm³/mol. The van der Waals surface area contributed by atoms with E-state index in [2.05, 4.69) is 29.1 Å². The Kier molecular flexibility index (Phi) is 5.74. The number of fused-ring (bicyclic) bond motifs is 1. The molecule has 0 radical (unpaired) electrons. The van der Waals surface area contributed by atoms with E-state index in [1.165, 1.54) is 30.7 Å². The number of benzene rings is 1. The molecule has 0 bridgehead atoms. The van der Waals surface area contributed by atoms with Crippen LogP contribution in [-0.2, 0) is 33.2 Å². The van der Waals surface area contributed by atoms with Gasteiger partial charge in [0.05, 0.1) is 11.9 Å². The van der Waals surface area contributed by atoms with E-state index in [9.17, 15) is 18.3 Å². The number of carbonyl (C=O) groups excluding carboxylic acids is 1. The highest BCUT2D eigenvalue weighted by Gasteiger charge is 2.36. The lowest BCUT2D eigenvalue weighted by atomic mass is 9.88. The number of carbonyl (C=O) groups is 1. The quantitative estimate of drug-likeness (QED) is 0.586. The van der Waals surface area contributed by atoms with Crippen LogP contribution in [0.1, 0.15) is 67.2 Å². The number of aryl methyl sites for hydroxylation is 1. The van der Waals surface area contributed by atoms with Crippen molar-refractivity contribution in [1.29, 1.82) is 0 Å². The maximum Gasteiger partial charge on any atom is 0.333 e. The fourth-order valence-corrected chi connectivity index (χ4v) is 5.92. The standard InChI is InChI=1S/C24H30N2O6S/c1-15(16-5-6-16)19-8-7-17-3-2-4-20(17)22(19)25-23(27)26-33(29,30)21-13-18(14-32-21)24(28)9-11-31-12-10-24/h7-8,13-16,28H,2-6,9-12H2,1H3,(H2,25,26,27)/t15-/m1/s1. The van der Waals surface area contributed by atoms with Gasteiger partial charge >= 0.3 is 6.03 Å². The zero-order chi connectivity index (χ0) is 23.2. The summed E-state index contributed by atoms with van der Waals surface area (Å²) in [5.41, 5.74) is 3.29. The van der Waals surface area contributed by atoms with Crippen molar-refractivity contribution >= 4 is 21.7 Å². The van der Waals surface area contributed by atoms with Gasteiger partial charge in [0.2, 0.25) is 5.09 Å². The minimum Gasteiger partial charge on any atom is -0.451 e. The van der Waals surface area contributed by atoms with Crippen LogP contribution in [0.2, 0.25) is 0 Å². The number of rotatable bonds is 6. The summed E-state index contributed by atoms with van der Waals surface area (Å²) in [7, 11) is -4.25. The highest BCUT2D eigenvalue weighted by molar-refractivity contribution is 7.89. The van der Waals surface area contributed by atoms with Crippen molar-refractivity contribution < 1.29 is 27.5 Å². The first-order chi connectivity index (χ1) is 15.8. The zero-order valence-electron chi connectivity index (χ0n) is 18.7. The number of sulfonamides is 1. The molecule has 1 aliphatic heterocycles. The van der Waals surface area contributed by atoms with E-state index in [1.807, 2.05) is 0 Å². The molecule has 2 heterocycles. The van der Waals surface area contributed by atoms with Gasteiger partial charge in [0, 0.05) is 43.4 Å². The lowest BCUT2D eigenvalue weighted by Gasteiger charge is -2.30. The molecule has 2 fully saturated rings. The molecule has 2 amide bonds. The highest BCUT2D eigenvalue weighted by Crippen LogP contribution is 2.46. The lowest BCUT2D eigenvalue weighted by molar-refractivity contribution is -0.0681. The molecule has 0 unspecified atom stereocenters. The molecule has 3 aliphatic rings. The summed E-state index contributed by atoms with van der Waals surface area (Å²) in [6.07, 6.45) is 7.14. The topological polar surface area (TPSA) is 118 Å². The van der Waals surface area contributed by atoms with Crippen LogP contribution < -0.4 is 10.0 Å². The third-order valence-electron chi connectivity index (χ3n) is 7.30. The molecule has 8 nitrogen and oxygen atoms in total. The van der Waals surface area contributed by atoms with Gasteiger partial charge in [-0.25, -0.2) is 9.52 Å². The summed E-state index contributed by atoms with van der Waals surface area (Å²) >= 11 is 0. The van der Waals surface area contributed by atoms with Gasteiger partial charge in [0.1, 0.15) is 0 Å². The van der Waals surface area contributed by atoms with Crippen molar-refractivity contribution in [3.05, 3.63) is 46.7 Å². The Morgan fingerprint density at radius 3 is 2.70 bits per heavy atom. The van der Waals surface area contributed by atoms with Crippen molar-refractivity contribution in [2.75, 3.05) is 18.5 Å². The number of ether oxygens (including phenoxy) is 1. The lowest BCUT2D eigenvalue weighted by Crippen LogP contribution is -2.35. The summed E-state index contributed by atoms with van der Waals surface area (Å²) < 4.78 is 38.3. The van der Waals surface area contributed by atoms with E-state index < -0.39 is 26.7 Å². The molecule has 1 aromatic heterocycles. The number of hydrogen-bond acceptors (Lipinski definition) is 6. The maximum atomic E-state index is 12.8. The number of anilines is 1. The number of hydrogen-bond donors (Lipinski definition) is 3. The Balaban J connectivity index is 1.35. The van der Waals surface area contributed by atoms with E-state index in [-0.39, 0.29) is 0 Å². The normalized spacial score (nSPS) is 20.8. The van der Waals surface area contributed by atoms with Crippen molar-refractivity contribution in [2.24, 2.45) is 5.92 Å². The largest absolute Gasteiger partial charge is 0.451 e. The summed E-state index contributed by atoms with van der Waals surface area (Å²) in [4.78, 5) is 12.8. The van der Waals surface area contributed by atoms with Crippen molar-refractivity contribution in [1.82, 2.24) is 4.72 Å². The van der Waals surface area contributed by atoms with Crippen molar-refractivity contribution in [3.8, 4) is 0 Å². The summed E-state index contributed by atoms with van der Waals surface area (Å²) in [6, 6.07) is 4.68. The first-order valence-corrected chi connectivity index (χ1v) is 13.1. The van der Waals surface area contributed by atoms with Crippen LogP contribution in [0.3, 0.4) is 0 Å². The number of aliphatic hydroxyl groups is 1. The second-order valence-electron chi connectivity index (χ2n) is 9.51. The van der Waals surface area contributed by atoms with Crippen LogP contribution in [-0.4, -0.2) is 32.8 Å². The molecule has 9 heteroatoms. The molecule has 2 aliphatic carbocycles. The average molecular weight is 475 g/mol. The second kappa shape index (κ2) is 8.45. The highest BCUT2D eigenvalue weighted by atomic mass is 32.2. The average Bonchev–Trinajstić information content (AvgIpc) is 3.28. The summed E-state index contributed by atoms with van der Waals surface area (Å²) in [6.45, 7) is 2.93. The van der Waals surface area contributed by atoms with Crippen LogP contribution in [0, 0.1) is 5.92 Å². The minimum atomic E-state index is -4.25. The maximum absolute atomic E-state index is 12.8. The third-order valence-corrected chi connectivity index (χ3v) is 8.50. The van der Waals surface area contributed by atoms with E-state index in [1.54, 1.807) is 0 Å². The van der Waals surface area contributed by atoms with E-state index in [0.717, 1.165) is 36.1 Å². The van der Waals surface area contributed by atoms with Crippen molar-refractivity contribution in [2.45, 2.75) is 68.5 Å². The molecule has 2 aromatic rings. The minimum absolute atomic E-state index is 0.302. The van der Waals surface area contributed by atoms with E-state index >= 15 is 0 Å². The Bertz CT molecular complexity index is 1160. The molecule has 178 valence electrons. The monoisotopic (exact) mass is 474 g/mol. The summed E-state index contributed by atoms with van der Waals surface area (Å²) in [5, 5.41) is 13.2. The Labute approximate surface area is 193 Å². The molecular formula is C24H30N2O6S. The molecule has 1 saturated carbocycles. The van der Waals surface area contributed by atoms with Gasteiger partial charge < -0.3 is 19.6 Å². The third kappa shape index (κ3) is 4.41. The van der Waals surface area contributed by atoms with E-state index in [4.69, 9.17) is 9.15 Å². The van der Waals surface area contributed by atoms with Gasteiger partial charge in [0.15, 0.2) is 0 Å². The number of amides is 2. The number of nitrogens with one attached hydrogen (secondary N) is 2. The van der Waals surface area contributed by atoms with Gasteiger partial charge in [-0.05, 0) is 60.6 Å². The van der Waals surface area contributed by atoms with Gasteiger partial charge in [-0.3, -0.25) is 0 Å². The van der Waals surface area contributed by atoms with Crippen LogP contribution in [0.4, 0.5) is 10.5 Å². The van der Waals surface area contributed by atoms with Crippen LogP contribution >= 0.6 is 0 Å². The Morgan fingerprint density at radius 1 is 1.21 bits per heavy atom. The van der Waals surface area contributed by atoms with Crippen LogP contribution in [0.15, 0.2) is 34.0 Å². The number of furan rings is 1. The Hall–Kier alpha value is -2.36. The fourth-order valence-electron chi connectivity index (χ4n) is 5.07. The molecule has 1 aromatic carbocycles. The van der Waals surface area contributed by atoms with Crippen LogP contribution in [0.5, 0.6) is 0 Å². The smallest absolute Gasteiger partial charge is 0.333 e. The van der Waals surface area contributed by atoms with Gasteiger partial charge in [-0.1, -0.05) is 19.1 Å². The van der Waals surface area contributed by atoms with Gasteiger partial charge in [-0.2, -0.15) is 8.42 Å². The molecule has 3 N–H and O–H groups in total. The summed E-state index contributed by atoms with van der Waals surface area (Å²) in [5.74, 6) is 0.907. The number of urea groups is 1. The van der Waals surface area contributed by atoms with Crippen molar-refractivity contribution in [3.63, 3.8) is 0 Å². The van der Waals surface area contributed by atoms with Crippen LogP contribution in [0.25, 0.3) is 0 Å². The first kappa shape index (κ1) is 22.4. The predicted octanol–water partition coefficient (Wildman–Crippen LogP) is 3.79. The molecule has 0 spiro atoms. The second-order valence-corrected chi connectivity index (χ2v) is 11.1. The molecule has 5 rings (SSSR count). The molecule has 33 heavy (non-hydrogen) atoms. The molecule has 1 saturated heterocycles. The molecular weight excluding hydrogens is 444 g/mol. The SMILES string of the molecule is C[C@@H](c1ccc2c(c1NC(=O)NS(=O)(=O)c1cc(C3(O)CCOCC3)co1)CCC2)C1CC1. The van der Waals surface area contributed by atoms with Gasteiger partial charge in [0.25, 0.3) is 10.0 Å². The fraction of sp³-hybridized carbons (Fsp3) is 0.542. The molecule has 1 atom stereocenters.